The van der Waals surface area contributed by atoms with E-state index in [1.54, 1.807) is 36.5 Å². The van der Waals surface area contributed by atoms with Crippen LogP contribution in [-0.4, -0.2) is 23.0 Å². The Morgan fingerprint density at radius 3 is 2.24 bits per heavy atom. The van der Waals surface area contributed by atoms with Crippen LogP contribution in [0, 0.1) is 6.92 Å². The van der Waals surface area contributed by atoms with Crippen molar-refractivity contribution in [1.29, 1.82) is 0 Å². The smallest absolute Gasteiger partial charge is 0.337 e. The summed E-state index contributed by atoms with van der Waals surface area (Å²) in [6, 6.07) is 16.7. The average Bonchev–Trinajstić information content (AvgIpc) is 2.64. The minimum absolute atomic E-state index is 0.363. The highest BCUT2D eigenvalue weighted by atomic mass is 16.5. The third-order valence-electron chi connectivity index (χ3n) is 3.54. The lowest BCUT2D eigenvalue weighted by molar-refractivity contribution is 0.0601. The van der Waals surface area contributed by atoms with Gasteiger partial charge in [0.05, 0.1) is 12.7 Å². The number of nitrogens with one attached hydrogen (secondary N) is 2. The minimum atomic E-state index is -0.363. The van der Waals surface area contributed by atoms with Crippen molar-refractivity contribution in [2.24, 2.45) is 0 Å². The van der Waals surface area contributed by atoms with Crippen LogP contribution in [0.4, 0.5) is 23.1 Å². The van der Waals surface area contributed by atoms with E-state index in [2.05, 4.69) is 25.3 Å². The van der Waals surface area contributed by atoms with Crippen LogP contribution in [0.1, 0.15) is 15.9 Å². The highest BCUT2D eigenvalue weighted by Gasteiger charge is 2.05. The van der Waals surface area contributed by atoms with Crippen LogP contribution < -0.4 is 10.6 Å². The summed E-state index contributed by atoms with van der Waals surface area (Å²) in [6.45, 7) is 2.04. The number of esters is 1. The first-order chi connectivity index (χ1) is 12.1. The first kappa shape index (κ1) is 16.4. The summed E-state index contributed by atoms with van der Waals surface area (Å²) in [7, 11) is 1.36. The molecule has 0 fully saturated rings. The van der Waals surface area contributed by atoms with E-state index in [0.29, 0.717) is 17.3 Å². The molecule has 2 aromatic carbocycles. The summed E-state index contributed by atoms with van der Waals surface area (Å²) in [5, 5.41) is 6.35. The minimum Gasteiger partial charge on any atom is -0.465 e. The molecule has 25 heavy (non-hydrogen) atoms. The van der Waals surface area contributed by atoms with Crippen LogP contribution in [0.15, 0.2) is 60.8 Å². The van der Waals surface area contributed by atoms with Gasteiger partial charge >= 0.3 is 5.97 Å². The van der Waals surface area contributed by atoms with Crippen molar-refractivity contribution >= 4 is 29.1 Å². The lowest BCUT2D eigenvalue weighted by Gasteiger charge is -2.09. The summed E-state index contributed by atoms with van der Waals surface area (Å²) < 4.78 is 4.69. The average molecular weight is 334 g/mol. The third kappa shape index (κ3) is 4.32. The molecule has 0 aliphatic heterocycles. The fourth-order valence-corrected chi connectivity index (χ4v) is 2.21. The Kier molecular flexibility index (Phi) is 4.89. The number of hydrogen-bond donors (Lipinski definition) is 2. The van der Waals surface area contributed by atoms with Gasteiger partial charge in [-0.25, -0.2) is 9.78 Å². The zero-order valence-corrected chi connectivity index (χ0v) is 14.0. The molecule has 6 nitrogen and oxygen atoms in total. The number of aryl methyl sites for hydroxylation is 1. The molecule has 0 atom stereocenters. The van der Waals surface area contributed by atoms with Gasteiger partial charge < -0.3 is 15.4 Å². The second kappa shape index (κ2) is 7.44. The number of rotatable bonds is 5. The Morgan fingerprint density at radius 1 is 0.920 bits per heavy atom. The van der Waals surface area contributed by atoms with E-state index in [1.807, 2.05) is 31.2 Å². The summed E-state index contributed by atoms with van der Waals surface area (Å²) in [5.74, 6) is 0.786. The Balaban J connectivity index is 1.71. The summed E-state index contributed by atoms with van der Waals surface area (Å²) in [5.41, 5.74) is 3.42. The molecule has 126 valence electrons. The zero-order valence-electron chi connectivity index (χ0n) is 14.0. The molecule has 6 heteroatoms. The fraction of sp³-hybridized carbons (Fsp3) is 0.105. The molecule has 0 saturated heterocycles. The third-order valence-corrected chi connectivity index (χ3v) is 3.54. The normalized spacial score (nSPS) is 10.2. The topological polar surface area (TPSA) is 76.1 Å². The molecule has 0 spiro atoms. The maximum Gasteiger partial charge on any atom is 0.337 e. The number of anilines is 4. The summed E-state index contributed by atoms with van der Waals surface area (Å²) in [4.78, 5) is 20.1. The molecular weight excluding hydrogens is 316 g/mol. The standard InChI is InChI=1S/C19H18N4O2/c1-13-3-7-16(8-4-13)22-19-20-12-11-17(23-19)21-15-9-5-14(6-10-15)18(24)25-2/h3-12H,1-2H3,(H2,20,21,22,23). The highest BCUT2D eigenvalue weighted by Crippen LogP contribution is 2.18. The van der Waals surface area contributed by atoms with Gasteiger partial charge in [0.25, 0.3) is 0 Å². The van der Waals surface area contributed by atoms with Gasteiger partial charge in [-0.05, 0) is 49.4 Å². The molecule has 0 aliphatic carbocycles. The maximum absolute atomic E-state index is 11.5. The molecule has 0 amide bonds. The summed E-state index contributed by atoms with van der Waals surface area (Å²) >= 11 is 0. The number of hydrogen-bond acceptors (Lipinski definition) is 6. The van der Waals surface area contributed by atoms with Crippen molar-refractivity contribution in [3.8, 4) is 0 Å². The van der Waals surface area contributed by atoms with E-state index in [1.165, 1.54) is 12.7 Å². The van der Waals surface area contributed by atoms with Gasteiger partial charge in [0, 0.05) is 17.6 Å². The molecule has 1 heterocycles. The van der Waals surface area contributed by atoms with E-state index in [0.717, 1.165) is 11.4 Å². The lowest BCUT2D eigenvalue weighted by atomic mass is 10.2. The van der Waals surface area contributed by atoms with Crippen LogP contribution in [0.5, 0.6) is 0 Å². The van der Waals surface area contributed by atoms with Crippen LogP contribution >= 0.6 is 0 Å². The second-order valence-electron chi connectivity index (χ2n) is 5.45. The number of nitrogens with zero attached hydrogens (tertiary/aromatic N) is 2. The molecule has 1 aromatic heterocycles. The van der Waals surface area contributed by atoms with E-state index < -0.39 is 0 Å². The van der Waals surface area contributed by atoms with Gasteiger partial charge in [0.1, 0.15) is 5.82 Å². The van der Waals surface area contributed by atoms with Crippen LogP contribution in [-0.2, 0) is 4.74 Å². The van der Waals surface area contributed by atoms with Crippen LogP contribution in [0.25, 0.3) is 0 Å². The van der Waals surface area contributed by atoms with Gasteiger partial charge in [-0.1, -0.05) is 17.7 Å². The molecule has 2 N–H and O–H groups in total. The predicted molar refractivity (Wildman–Crippen MR) is 97.6 cm³/mol. The SMILES string of the molecule is COC(=O)c1ccc(Nc2ccnc(Nc3ccc(C)cc3)n2)cc1. The lowest BCUT2D eigenvalue weighted by Crippen LogP contribution is -2.02. The van der Waals surface area contributed by atoms with Crippen molar-refractivity contribution in [3.63, 3.8) is 0 Å². The largest absolute Gasteiger partial charge is 0.465 e. The van der Waals surface area contributed by atoms with Gasteiger partial charge in [-0.3, -0.25) is 0 Å². The maximum atomic E-state index is 11.5. The van der Waals surface area contributed by atoms with Crippen molar-refractivity contribution in [3.05, 3.63) is 71.9 Å². The highest BCUT2D eigenvalue weighted by molar-refractivity contribution is 5.89. The molecule has 0 bridgehead atoms. The van der Waals surface area contributed by atoms with Crippen molar-refractivity contribution in [1.82, 2.24) is 9.97 Å². The number of methoxy groups -OCH3 is 1. The first-order valence-electron chi connectivity index (χ1n) is 7.76. The Bertz CT molecular complexity index is 861. The van der Waals surface area contributed by atoms with Crippen LogP contribution in [0.2, 0.25) is 0 Å². The molecule has 0 unspecified atom stereocenters. The van der Waals surface area contributed by atoms with Crippen LogP contribution in [0.3, 0.4) is 0 Å². The number of ether oxygens (including phenoxy) is 1. The fourth-order valence-electron chi connectivity index (χ4n) is 2.21. The molecule has 0 radical (unpaired) electrons. The number of aromatic nitrogens is 2. The molecule has 3 aromatic rings. The number of carbonyl (C=O) groups excluding carboxylic acids is 1. The molecular formula is C19H18N4O2. The van der Waals surface area contributed by atoms with Gasteiger partial charge in [-0.15, -0.1) is 0 Å². The Hall–Kier alpha value is -3.41. The van der Waals surface area contributed by atoms with E-state index in [9.17, 15) is 4.79 Å². The summed E-state index contributed by atoms with van der Waals surface area (Å²) in [6.07, 6.45) is 1.68. The molecule has 0 aliphatic rings. The predicted octanol–water partition coefficient (Wildman–Crippen LogP) is 4.06. The van der Waals surface area contributed by atoms with E-state index in [4.69, 9.17) is 0 Å². The second-order valence-corrected chi connectivity index (χ2v) is 5.45. The van der Waals surface area contributed by atoms with E-state index >= 15 is 0 Å². The van der Waals surface area contributed by atoms with Gasteiger partial charge in [0.15, 0.2) is 0 Å². The first-order valence-corrected chi connectivity index (χ1v) is 7.76. The van der Waals surface area contributed by atoms with Crippen molar-refractivity contribution in [2.75, 3.05) is 17.7 Å². The quantitative estimate of drug-likeness (QED) is 0.685. The van der Waals surface area contributed by atoms with Crippen molar-refractivity contribution < 1.29 is 9.53 Å². The molecule has 0 saturated carbocycles. The Morgan fingerprint density at radius 2 is 1.56 bits per heavy atom. The monoisotopic (exact) mass is 334 g/mol. The zero-order chi connectivity index (χ0) is 17.6. The van der Waals surface area contributed by atoms with E-state index in [-0.39, 0.29) is 5.97 Å². The Labute approximate surface area is 145 Å². The van der Waals surface area contributed by atoms with Gasteiger partial charge in [0.2, 0.25) is 5.95 Å². The van der Waals surface area contributed by atoms with Crippen molar-refractivity contribution in [2.45, 2.75) is 6.92 Å². The van der Waals surface area contributed by atoms with Gasteiger partial charge in [-0.2, -0.15) is 4.98 Å². The number of carbonyl (C=O) groups is 1. The molecule has 3 rings (SSSR count). The number of benzene rings is 2.